The SMILES string of the molecule is O=C(O)C1(CN=C2NS(=O)(=O)c3ccccc32)CCC1. The molecule has 1 fully saturated rings. The van der Waals surface area contributed by atoms with Crippen LogP contribution >= 0.6 is 0 Å². The van der Waals surface area contributed by atoms with E-state index in [2.05, 4.69) is 9.71 Å². The Bertz CT molecular complexity index is 705. The average molecular weight is 294 g/mol. The first kappa shape index (κ1) is 13.1. The first-order chi connectivity index (χ1) is 9.45. The maximum absolute atomic E-state index is 11.9. The van der Waals surface area contributed by atoms with Crippen molar-refractivity contribution in [3.05, 3.63) is 29.8 Å². The number of benzene rings is 1. The Balaban J connectivity index is 1.93. The number of aliphatic imine (C=N–C) groups is 1. The van der Waals surface area contributed by atoms with Crippen molar-refractivity contribution in [3.63, 3.8) is 0 Å². The number of sulfonamides is 1. The van der Waals surface area contributed by atoms with Crippen LogP contribution in [-0.2, 0) is 14.8 Å². The third-order valence-electron chi connectivity index (χ3n) is 3.97. The number of carbonyl (C=O) groups is 1. The molecular formula is C13H14N2O4S. The van der Waals surface area contributed by atoms with Crippen LogP contribution in [0.5, 0.6) is 0 Å². The highest BCUT2D eigenvalue weighted by atomic mass is 32.2. The molecule has 2 N–H and O–H groups in total. The lowest BCUT2D eigenvalue weighted by molar-refractivity contribution is -0.153. The molecule has 3 rings (SSSR count). The highest BCUT2D eigenvalue weighted by molar-refractivity contribution is 7.90. The number of hydrogen-bond acceptors (Lipinski definition) is 4. The number of hydrogen-bond donors (Lipinski definition) is 2. The summed E-state index contributed by atoms with van der Waals surface area (Å²) in [6.07, 6.45) is 2.06. The normalized spacial score (nSPS) is 23.7. The molecule has 20 heavy (non-hydrogen) atoms. The number of fused-ring (bicyclic) bond motifs is 1. The lowest BCUT2D eigenvalue weighted by Crippen LogP contribution is -2.41. The van der Waals surface area contributed by atoms with Gasteiger partial charge in [0, 0.05) is 5.56 Å². The van der Waals surface area contributed by atoms with Crippen molar-refractivity contribution in [1.82, 2.24) is 4.72 Å². The summed E-state index contributed by atoms with van der Waals surface area (Å²) >= 11 is 0. The monoisotopic (exact) mass is 294 g/mol. The standard InChI is InChI=1S/C13H14N2O4S/c16-12(17)13(6-3-7-13)8-14-11-9-4-1-2-5-10(9)20(18,19)15-11/h1-2,4-5H,3,6-8H2,(H,14,15)(H,16,17). The van der Waals surface area contributed by atoms with Gasteiger partial charge in [-0.05, 0) is 25.0 Å². The Morgan fingerprint density at radius 2 is 2.05 bits per heavy atom. The van der Waals surface area contributed by atoms with Gasteiger partial charge in [-0.1, -0.05) is 18.6 Å². The van der Waals surface area contributed by atoms with Gasteiger partial charge in [-0.3, -0.25) is 14.5 Å². The minimum atomic E-state index is -3.56. The van der Waals surface area contributed by atoms with Gasteiger partial charge in [0.15, 0.2) is 0 Å². The third kappa shape index (κ3) is 1.89. The largest absolute Gasteiger partial charge is 0.481 e. The van der Waals surface area contributed by atoms with E-state index in [-0.39, 0.29) is 17.3 Å². The van der Waals surface area contributed by atoms with Gasteiger partial charge in [0.1, 0.15) is 5.84 Å². The Morgan fingerprint density at radius 3 is 2.65 bits per heavy atom. The fourth-order valence-electron chi connectivity index (χ4n) is 2.52. The second-order valence-corrected chi connectivity index (χ2v) is 6.86. The number of amidine groups is 1. The molecule has 1 aliphatic carbocycles. The van der Waals surface area contributed by atoms with Gasteiger partial charge in [-0.25, -0.2) is 8.42 Å². The van der Waals surface area contributed by atoms with Gasteiger partial charge in [-0.2, -0.15) is 0 Å². The van der Waals surface area contributed by atoms with E-state index in [4.69, 9.17) is 0 Å². The van der Waals surface area contributed by atoms with E-state index in [9.17, 15) is 18.3 Å². The molecule has 1 aromatic carbocycles. The first-order valence-electron chi connectivity index (χ1n) is 6.35. The van der Waals surface area contributed by atoms with E-state index >= 15 is 0 Å². The van der Waals surface area contributed by atoms with Gasteiger partial charge in [0.25, 0.3) is 10.0 Å². The van der Waals surface area contributed by atoms with E-state index in [1.165, 1.54) is 6.07 Å². The van der Waals surface area contributed by atoms with Gasteiger partial charge in [-0.15, -0.1) is 0 Å². The van der Waals surface area contributed by atoms with Gasteiger partial charge in [0.2, 0.25) is 0 Å². The summed E-state index contributed by atoms with van der Waals surface area (Å²) in [4.78, 5) is 15.7. The average Bonchev–Trinajstić information content (AvgIpc) is 2.60. The molecule has 0 saturated heterocycles. The van der Waals surface area contributed by atoms with Crippen LogP contribution in [0.25, 0.3) is 0 Å². The van der Waals surface area contributed by atoms with Gasteiger partial charge in [0.05, 0.1) is 16.9 Å². The summed E-state index contributed by atoms with van der Waals surface area (Å²) in [5.41, 5.74) is -0.317. The fourth-order valence-corrected chi connectivity index (χ4v) is 3.78. The van der Waals surface area contributed by atoms with E-state index in [1.54, 1.807) is 18.2 Å². The molecule has 0 spiro atoms. The van der Waals surface area contributed by atoms with Gasteiger partial charge >= 0.3 is 5.97 Å². The van der Waals surface area contributed by atoms with Crippen LogP contribution in [0.15, 0.2) is 34.2 Å². The predicted octanol–water partition coefficient (Wildman–Crippen LogP) is 0.980. The van der Waals surface area contributed by atoms with Crippen LogP contribution in [0.4, 0.5) is 0 Å². The zero-order valence-electron chi connectivity index (χ0n) is 10.7. The summed E-state index contributed by atoms with van der Waals surface area (Å²) in [5.74, 6) is -0.615. The van der Waals surface area contributed by atoms with Crippen molar-refractivity contribution in [2.75, 3.05) is 6.54 Å². The molecule has 1 heterocycles. The highest BCUT2D eigenvalue weighted by Gasteiger charge is 2.44. The van der Waals surface area contributed by atoms with Gasteiger partial charge < -0.3 is 5.11 Å². The molecule has 7 heteroatoms. The quantitative estimate of drug-likeness (QED) is 0.868. The van der Waals surface area contributed by atoms with Crippen molar-refractivity contribution in [2.24, 2.45) is 10.4 Å². The molecule has 1 saturated carbocycles. The van der Waals surface area contributed by atoms with E-state index in [0.717, 1.165) is 6.42 Å². The minimum Gasteiger partial charge on any atom is -0.481 e. The predicted molar refractivity (Wildman–Crippen MR) is 72.1 cm³/mol. The van der Waals surface area contributed by atoms with Crippen LogP contribution in [0.2, 0.25) is 0 Å². The summed E-state index contributed by atoms with van der Waals surface area (Å²) in [6, 6.07) is 6.55. The molecule has 0 amide bonds. The lowest BCUT2D eigenvalue weighted by atomic mass is 9.69. The van der Waals surface area contributed by atoms with E-state index in [1.807, 2.05) is 0 Å². The van der Waals surface area contributed by atoms with E-state index in [0.29, 0.717) is 18.4 Å². The molecule has 0 radical (unpaired) electrons. The topological polar surface area (TPSA) is 95.8 Å². The number of aliphatic carboxylic acids is 1. The first-order valence-corrected chi connectivity index (χ1v) is 7.83. The summed E-state index contributed by atoms with van der Waals surface area (Å²) in [5, 5.41) is 9.25. The summed E-state index contributed by atoms with van der Waals surface area (Å²) < 4.78 is 26.2. The molecule has 6 nitrogen and oxygen atoms in total. The van der Waals surface area contributed by atoms with Crippen molar-refractivity contribution in [3.8, 4) is 0 Å². The van der Waals surface area contributed by atoms with E-state index < -0.39 is 21.4 Å². The molecule has 0 unspecified atom stereocenters. The lowest BCUT2D eigenvalue weighted by Gasteiger charge is -2.36. The molecular weight excluding hydrogens is 280 g/mol. The highest BCUT2D eigenvalue weighted by Crippen LogP contribution is 2.41. The number of nitrogens with zero attached hydrogens (tertiary/aromatic N) is 1. The molecule has 0 bridgehead atoms. The van der Waals surface area contributed by atoms with Crippen LogP contribution in [0.1, 0.15) is 24.8 Å². The molecule has 0 aromatic heterocycles. The fraction of sp³-hybridized carbons (Fsp3) is 0.385. The zero-order chi connectivity index (χ0) is 14.4. The molecule has 0 atom stereocenters. The maximum Gasteiger partial charge on any atom is 0.311 e. The number of nitrogens with one attached hydrogen (secondary N) is 1. The maximum atomic E-state index is 11.9. The molecule has 2 aliphatic rings. The Morgan fingerprint density at radius 1 is 1.35 bits per heavy atom. The number of carboxylic acid groups (broad SMARTS) is 1. The molecule has 1 aromatic rings. The number of rotatable bonds is 3. The zero-order valence-corrected chi connectivity index (χ0v) is 11.5. The van der Waals surface area contributed by atoms with Crippen LogP contribution in [-0.4, -0.2) is 31.9 Å². The van der Waals surface area contributed by atoms with Crippen molar-refractivity contribution in [1.29, 1.82) is 0 Å². The van der Waals surface area contributed by atoms with Crippen LogP contribution in [0, 0.1) is 5.41 Å². The van der Waals surface area contributed by atoms with Crippen LogP contribution < -0.4 is 4.72 Å². The summed E-state index contributed by atoms with van der Waals surface area (Å²) in [6.45, 7) is 0.106. The Hall–Kier alpha value is -1.89. The molecule has 106 valence electrons. The third-order valence-corrected chi connectivity index (χ3v) is 5.36. The van der Waals surface area contributed by atoms with Crippen molar-refractivity contribution in [2.45, 2.75) is 24.2 Å². The van der Waals surface area contributed by atoms with Crippen molar-refractivity contribution < 1.29 is 18.3 Å². The smallest absolute Gasteiger partial charge is 0.311 e. The van der Waals surface area contributed by atoms with Crippen LogP contribution in [0.3, 0.4) is 0 Å². The minimum absolute atomic E-state index is 0.106. The Kier molecular flexibility index (Phi) is 2.82. The Labute approximate surface area is 116 Å². The number of carboxylic acids is 1. The summed E-state index contributed by atoms with van der Waals surface area (Å²) in [7, 11) is -3.56. The second-order valence-electron chi connectivity index (χ2n) is 5.21. The van der Waals surface area contributed by atoms with Crippen molar-refractivity contribution >= 4 is 21.8 Å². The molecule has 1 aliphatic heterocycles. The second kappa shape index (κ2) is 4.31.